The molecule has 1 amide bonds. The Morgan fingerprint density at radius 2 is 1.35 bits per heavy atom. The smallest absolute Gasteiger partial charge is 0.259 e. The zero-order valence-electron chi connectivity index (χ0n) is 10.7. The number of carbonyl (C=O) groups excluding carboxylic acids is 1. The van der Waals surface area contributed by atoms with Gasteiger partial charge in [0.05, 0.1) is 4.24 Å². The van der Waals surface area contributed by atoms with E-state index in [4.69, 9.17) is 5.84 Å². The molecule has 2 aromatic carbocycles. The summed E-state index contributed by atoms with van der Waals surface area (Å²) in [6.45, 7) is 0. The number of hydrogen-bond acceptors (Lipinski definition) is 4. The third-order valence-electron chi connectivity index (χ3n) is 2.31. The molecule has 0 saturated carbocycles. The Labute approximate surface area is 126 Å². The van der Waals surface area contributed by atoms with Gasteiger partial charge in [-0.15, -0.1) is 0 Å². The minimum absolute atomic E-state index is 0.313. The number of amides is 1. The highest BCUT2D eigenvalue weighted by Crippen LogP contribution is 2.38. The standard InChI is InChI=1S/C15H14N2OS2/c16-17-14(18)11-15(19-12-7-3-1-4-8-12)20-13-9-5-2-6-10-13/h1-11H,16H2,(H,17,18). The van der Waals surface area contributed by atoms with Gasteiger partial charge in [0.15, 0.2) is 0 Å². The molecule has 0 aliphatic rings. The van der Waals surface area contributed by atoms with Crippen molar-refractivity contribution in [2.45, 2.75) is 9.79 Å². The zero-order valence-corrected chi connectivity index (χ0v) is 12.3. The van der Waals surface area contributed by atoms with Gasteiger partial charge >= 0.3 is 0 Å². The molecule has 20 heavy (non-hydrogen) atoms. The lowest BCUT2D eigenvalue weighted by Gasteiger charge is -2.07. The van der Waals surface area contributed by atoms with Crippen LogP contribution in [0.4, 0.5) is 0 Å². The van der Waals surface area contributed by atoms with E-state index in [-0.39, 0.29) is 5.91 Å². The third kappa shape index (κ3) is 4.77. The summed E-state index contributed by atoms with van der Waals surface area (Å²) in [6, 6.07) is 19.8. The van der Waals surface area contributed by atoms with Crippen molar-refractivity contribution in [2.24, 2.45) is 5.84 Å². The van der Waals surface area contributed by atoms with Gasteiger partial charge in [-0.25, -0.2) is 5.84 Å². The van der Waals surface area contributed by atoms with Crippen LogP contribution in [0.2, 0.25) is 0 Å². The topological polar surface area (TPSA) is 55.1 Å². The van der Waals surface area contributed by atoms with Crippen LogP contribution in [-0.4, -0.2) is 5.91 Å². The van der Waals surface area contributed by atoms with Gasteiger partial charge in [-0.05, 0) is 24.3 Å². The van der Waals surface area contributed by atoms with Gasteiger partial charge in [0.25, 0.3) is 5.91 Å². The number of nitrogens with one attached hydrogen (secondary N) is 1. The average Bonchev–Trinajstić information content (AvgIpc) is 2.49. The molecule has 102 valence electrons. The Kier molecular flexibility index (Phi) is 5.73. The van der Waals surface area contributed by atoms with Crippen LogP contribution in [-0.2, 0) is 4.79 Å². The van der Waals surface area contributed by atoms with Gasteiger partial charge in [-0.1, -0.05) is 59.9 Å². The highest BCUT2D eigenvalue weighted by molar-refractivity contribution is 8.22. The van der Waals surface area contributed by atoms with Crippen LogP contribution in [0.25, 0.3) is 0 Å². The van der Waals surface area contributed by atoms with Crippen molar-refractivity contribution in [1.29, 1.82) is 0 Å². The van der Waals surface area contributed by atoms with E-state index >= 15 is 0 Å². The van der Waals surface area contributed by atoms with Gasteiger partial charge < -0.3 is 0 Å². The highest BCUT2D eigenvalue weighted by Gasteiger charge is 2.06. The molecule has 0 atom stereocenters. The summed E-state index contributed by atoms with van der Waals surface area (Å²) in [6.07, 6.45) is 1.51. The van der Waals surface area contributed by atoms with Crippen LogP contribution in [0.15, 0.2) is 80.8 Å². The summed E-state index contributed by atoms with van der Waals surface area (Å²) >= 11 is 3.07. The molecule has 0 heterocycles. The summed E-state index contributed by atoms with van der Waals surface area (Å²) in [5, 5.41) is 0. The number of rotatable bonds is 5. The van der Waals surface area contributed by atoms with Crippen LogP contribution < -0.4 is 11.3 Å². The van der Waals surface area contributed by atoms with Crippen LogP contribution >= 0.6 is 23.5 Å². The largest absolute Gasteiger partial charge is 0.291 e. The van der Waals surface area contributed by atoms with Crippen molar-refractivity contribution in [3.05, 3.63) is 71.0 Å². The minimum atomic E-state index is -0.313. The number of hydrazine groups is 1. The maximum absolute atomic E-state index is 11.5. The van der Waals surface area contributed by atoms with Crippen molar-refractivity contribution in [2.75, 3.05) is 0 Å². The summed E-state index contributed by atoms with van der Waals surface area (Å²) in [5.74, 6) is 4.83. The van der Waals surface area contributed by atoms with Crippen molar-refractivity contribution >= 4 is 29.4 Å². The number of carbonyl (C=O) groups is 1. The van der Waals surface area contributed by atoms with Gasteiger partial charge in [0, 0.05) is 15.9 Å². The first-order chi connectivity index (χ1) is 9.78. The Morgan fingerprint density at radius 1 is 0.900 bits per heavy atom. The Hall–Kier alpha value is -1.69. The second-order valence-electron chi connectivity index (χ2n) is 3.80. The lowest BCUT2D eigenvalue weighted by Crippen LogP contribution is -2.28. The predicted octanol–water partition coefficient (Wildman–Crippen LogP) is 3.40. The Morgan fingerprint density at radius 3 is 1.75 bits per heavy atom. The van der Waals surface area contributed by atoms with E-state index in [0.717, 1.165) is 14.0 Å². The molecule has 3 nitrogen and oxygen atoms in total. The molecule has 0 radical (unpaired) electrons. The van der Waals surface area contributed by atoms with Crippen molar-refractivity contribution in [1.82, 2.24) is 5.43 Å². The first-order valence-electron chi connectivity index (χ1n) is 5.96. The van der Waals surface area contributed by atoms with E-state index in [9.17, 15) is 4.79 Å². The quantitative estimate of drug-likeness (QED) is 0.292. The maximum atomic E-state index is 11.5. The van der Waals surface area contributed by atoms with Crippen LogP contribution in [0.3, 0.4) is 0 Å². The normalized spacial score (nSPS) is 9.85. The molecule has 0 saturated heterocycles. The summed E-state index contributed by atoms with van der Waals surface area (Å²) < 4.78 is 0.866. The maximum Gasteiger partial charge on any atom is 0.259 e. The first kappa shape index (κ1) is 14.7. The number of thioether (sulfide) groups is 2. The molecule has 0 aliphatic carbocycles. The molecule has 0 spiro atoms. The molecule has 0 aliphatic heterocycles. The molecule has 5 heteroatoms. The fourth-order valence-corrected chi connectivity index (χ4v) is 3.56. The Bertz CT molecular complexity index is 542. The molecule has 3 N–H and O–H groups in total. The molecule has 0 unspecified atom stereocenters. The van der Waals surface area contributed by atoms with Crippen LogP contribution in [0, 0.1) is 0 Å². The van der Waals surface area contributed by atoms with Crippen LogP contribution in [0.5, 0.6) is 0 Å². The fraction of sp³-hybridized carbons (Fsp3) is 0. The molecule has 2 rings (SSSR count). The van der Waals surface area contributed by atoms with E-state index in [1.807, 2.05) is 60.7 Å². The summed E-state index contributed by atoms with van der Waals surface area (Å²) in [7, 11) is 0. The van der Waals surface area contributed by atoms with Crippen molar-refractivity contribution < 1.29 is 4.79 Å². The predicted molar refractivity (Wildman–Crippen MR) is 85.0 cm³/mol. The highest BCUT2D eigenvalue weighted by atomic mass is 32.2. The second kappa shape index (κ2) is 7.79. The third-order valence-corrected chi connectivity index (χ3v) is 4.47. The lowest BCUT2D eigenvalue weighted by molar-refractivity contribution is -0.116. The fourth-order valence-electron chi connectivity index (χ4n) is 1.44. The van der Waals surface area contributed by atoms with E-state index in [2.05, 4.69) is 5.43 Å². The monoisotopic (exact) mass is 302 g/mol. The summed E-state index contributed by atoms with van der Waals surface area (Å²) in [4.78, 5) is 13.6. The SMILES string of the molecule is NNC(=O)C=C(Sc1ccccc1)Sc1ccccc1. The molecule has 0 fully saturated rings. The number of nitrogens with two attached hydrogens (primary N) is 1. The zero-order chi connectivity index (χ0) is 14.2. The summed E-state index contributed by atoms with van der Waals surface area (Å²) in [5.41, 5.74) is 2.13. The van der Waals surface area contributed by atoms with Gasteiger partial charge in [0.2, 0.25) is 0 Å². The molecule has 0 aromatic heterocycles. The van der Waals surface area contributed by atoms with Gasteiger partial charge in [-0.2, -0.15) is 0 Å². The van der Waals surface area contributed by atoms with Gasteiger partial charge in [0.1, 0.15) is 0 Å². The second-order valence-corrected chi connectivity index (χ2v) is 6.29. The molecule has 0 bridgehead atoms. The van der Waals surface area contributed by atoms with Crippen LogP contribution in [0.1, 0.15) is 0 Å². The molecular weight excluding hydrogens is 288 g/mol. The van der Waals surface area contributed by atoms with E-state index in [1.165, 1.54) is 29.6 Å². The number of hydrogen-bond donors (Lipinski definition) is 2. The molecular formula is C15H14N2OS2. The minimum Gasteiger partial charge on any atom is -0.291 e. The van der Waals surface area contributed by atoms with Gasteiger partial charge in [-0.3, -0.25) is 10.2 Å². The van der Waals surface area contributed by atoms with E-state index in [1.54, 1.807) is 0 Å². The van der Waals surface area contributed by atoms with Crippen molar-refractivity contribution in [3.8, 4) is 0 Å². The first-order valence-corrected chi connectivity index (χ1v) is 7.59. The van der Waals surface area contributed by atoms with E-state index < -0.39 is 0 Å². The van der Waals surface area contributed by atoms with E-state index in [0.29, 0.717) is 0 Å². The average molecular weight is 302 g/mol. The Balaban J connectivity index is 2.17. The lowest BCUT2D eigenvalue weighted by atomic mass is 10.4. The molecule has 2 aromatic rings. The van der Waals surface area contributed by atoms with Crippen molar-refractivity contribution in [3.63, 3.8) is 0 Å². The number of benzene rings is 2.